The van der Waals surface area contributed by atoms with Crippen molar-refractivity contribution < 1.29 is 9.53 Å². The smallest absolute Gasteiger partial charge is 0.163 e. The Balaban J connectivity index is 2.35. The maximum Gasteiger partial charge on any atom is 0.163 e. The second-order valence-corrected chi connectivity index (χ2v) is 5.03. The number of ketones is 1. The van der Waals surface area contributed by atoms with Crippen molar-refractivity contribution in [3.8, 4) is 11.5 Å². The first-order valence-electron chi connectivity index (χ1n) is 5.61. The number of carbonyl (C=O) groups is 1. The second-order valence-electron chi connectivity index (χ2n) is 4.11. The Morgan fingerprint density at radius 3 is 2.39 bits per heavy atom. The average molecular weight is 305 g/mol. The van der Waals surface area contributed by atoms with Crippen LogP contribution in [-0.2, 0) is 0 Å². The van der Waals surface area contributed by atoms with Crippen LogP contribution in [0.25, 0.3) is 0 Å². The van der Waals surface area contributed by atoms with E-state index >= 15 is 0 Å². The fourth-order valence-corrected chi connectivity index (χ4v) is 1.94. The lowest BCUT2D eigenvalue weighted by Crippen LogP contribution is -1.97. The third-order valence-corrected chi connectivity index (χ3v) is 3.06. The van der Waals surface area contributed by atoms with Gasteiger partial charge in [0.15, 0.2) is 5.78 Å². The van der Waals surface area contributed by atoms with Crippen LogP contribution in [0.15, 0.2) is 46.9 Å². The summed E-state index contributed by atoms with van der Waals surface area (Å²) >= 11 is 3.38. The first-order valence-corrected chi connectivity index (χ1v) is 6.40. The summed E-state index contributed by atoms with van der Waals surface area (Å²) in [6.07, 6.45) is 0. The molecule has 3 heteroatoms. The van der Waals surface area contributed by atoms with Gasteiger partial charge in [-0.05, 0) is 44.2 Å². The monoisotopic (exact) mass is 304 g/mol. The van der Waals surface area contributed by atoms with Crippen molar-refractivity contribution in [3.05, 3.63) is 58.1 Å². The maximum atomic E-state index is 11.5. The van der Waals surface area contributed by atoms with Crippen LogP contribution in [0.4, 0.5) is 0 Å². The van der Waals surface area contributed by atoms with E-state index in [0.717, 1.165) is 10.2 Å². The van der Waals surface area contributed by atoms with Gasteiger partial charge in [0.25, 0.3) is 0 Å². The van der Waals surface area contributed by atoms with Gasteiger partial charge in [0, 0.05) is 4.47 Å². The lowest BCUT2D eigenvalue weighted by molar-refractivity contribution is 0.101. The molecule has 0 heterocycles. The number of hydrogen-bond acceptors (Lipinski definition) is 2. The van der Waals surface area contributed by atoms with Gasteiger partial charge in [0.05, 0.1) is 5.56 Å². The third-order valence-electron chi connectivity index (χ3n) is 2.57. The molecule has 0 aromatic heterocycles. The van der Waals surface area contributed by atoms with E-state index in [1.54, 1.807) is 12.1 Å². The summed E-state index contributed by atoms with van der Waals surface area (Å²) in [6, 6.07) is 13.1. The second kappa shape index (κ2) is 5.36. The molecular formula is C15H13BrO2. The van der Waals surface area contributed by atoms with Gasteiger partial charge in [-0.25, -0.2) is 0 Å². The first kappa shape index (κ1) is 12.8. The SMILES string of the molecule is CC(=O)c1ccc(Br)cc1Oc1ccc(C)cc1. The van der Waals surface area contributed by atoms with E-state index < -0.39 is 0 Å². The van der Waals surface area contributed by atoms with E-state index in [-0.39, 0.29) is 5.78 Å². The van der Waals surface area contributed by atoms with Crippen LogP contribution in [0.3, 0.4) is 0 Å². The summed E-state index contributed by atoms with van der Waals surface area (Å²) < 4.78 is 6.64. The largest absolute Gasteiger partial charge is 0.457 e. The molecule has 0 aliphatic rings. The molecule has 0 saturated carbocycles. The molecule has 0 aliphatic carbocycles. The number of aryl methyl sites for hydroxylation is 1. The van der Waals surface area contributed by atoms with Crippen molar-refractivity contribution in [1.29, 1.82) is 0 Å². The van der Waals surface area contributed by atoms with E-state index in [9.17, 15) is 4.79 Å². The molecule has 92 valence electrons. The minimum Gasteiger partial charge on any atom is -0.457 e. The van der Waals surface area contributed by atoms with Gasteiger partial charge in [-0.15, -0.1) is 0 Å². The summed E-state index contributed by atoms with van der Waals surface area (Å²) in [4.78, 5) is 11.5. The maximum absolute atomic E-state index is 11.5. The Hall–Kier alpha value is -1.61. The van der Waals surface area contributed by atoms with Crippen molar-refractivity contribution in [1.82, 2.24) is 0 Å². The molecule has 0 unspecified atom stereocenters. The molecule has 0 saturated heterocycles. The average Bonchev–Trinajstić information content (AvgIpc) is 2.32. The van der Waals surface area contributed by atoms with Crippen molar-refractivity contribution in [2.45, 2.75) is 13.8 Å². The lowest BCUT2D eigenvalue weighted by atomic mass is 10.1. The van der Waals surface area contributed by atoms with E-state index in [4.69, 9.17) is 4.74 Å². The fourth-order valence-electron chi connectivity index (χ4n) is 1.60. The number of halogens is 1. The van der Waals surface area contributed by atoms with Crippen LogP contribution in [0.5, 0.6) is 11.5 Å². The Labute approximate surface area is 115 Å². The number of Topliss-reactive ketones (excluding diaryl/α,β-unsaturated/α-hetero) is 1. The molecule has 2 nitrogen and oxygen atoms in total. The molecule has 18 heavy (non-hydrogen) atoms. The van der Waals surface area contributed by atoms with Crippen molar-refractivity contribution >= 4 is 21.7 Å². The van der Waals surface area contributed by atoms with E-state index in [0.29, 0.717) is 11.3 Å². The van der Waals surface area contributed by atoms with Crippen molar-refractivity contribution in [2.24, 2.45) is 0 Å². The molecule has 2 rings (SSSR count). The Morgan fingerprint density at radius 1 is 1.11 bits per heavy atom. The fraction of sp³-hybridized carbons (Fsp3) is 0.133. The quantitative estimate of drug-likeness (QED) is 0.765. The third kappa shape index (κ3) is 2.99. The number of ether oxygens (including phenoxy) is 1. The highest BCUT2D eigenvalue weighted by Gasteiger charge is 2.09. The number of hydrogen-bond donors (Lipinski definition) is 0. The highest BCUT2D eigenvalue weighted by molar-refractivity contribution is 9.10. The molecule has 0 bridgehead atoms. The van der Waals surface area contributed by atoms with Gasteiger partial charge in [-0.2, -0.15) is 0 Å². The number of rotatable bonds is 3. The van der Waals surface area contributed by atoms with Crippen LogP contribution >= 0.6 is 15.9 Å². The van der Waals surface area contributed by atoms with Gasteiger partial charge >= 0.3 is 0 Å². The van der Waals surface area contributed by atoms with Crippen LogP contribution in [0.1, 0.15) is 22.8 Å². The molecule has 0 radical (unpaired) electrons. The highest BCUT2D eigenvalue weighted by atomic mass is 79.9. The topological polar surface area (TPSA) is 26.3 Å². The van der Waals surface area contributed by atoms with Crippen LogP contribution < -0.4 is 4.74 Å². The summed E-state index contributed by atoms with van der Waals surface area (Å²) in [5.41, 5.74) is 1.75. The van der Waals surface area contributed by atoms with Crippen LogP contribution in [0, 0.1) is 6.92 Å². The molecular weight excluding hydrogens is 292 g/mol. The van der Waals surface area contributed by atoms with Crippen LogP contribution in [-0.4, -0.2) is 5.78 Å². The standard InChI is InChI=1S/C15H13BrO2/c1-10-3-6-13(7-4-10)18-15-9-12(16)5-8-14(15)11(2)17/h3-9H,1-2H3. The van der Waals surface area contributed by atoms with Gasteiger partial charge < -0.3 is 4.74 Å². The van der Waals surface area contributed by atoms with Gasteiger partial charge in [-0.3, -0.25) is 4.79 Å². The highest BCUT2D eigenvalue weighted by Crippen LogP contribution is 2.29. The zero-order chi connectivity index (χ0) is 13.1. The molecule has 0 N–H and O–H groups in total. The Kier molecular flexibility index (Phi) is 3.82. The van der Waals surface area contributed by atoms with Crippen molar-refractivity contribution in [3.63, 3.8) is 0 Å². The molecule has 2 aromatic rings. The zero-order valence-corrected chi connectivity index (χ0v) is 11.8. The zero-order valence-electron chi connectivity index (χ0n) is 10.2. The molecule has 0 atom stereocenters. The van der Waals surface area contributed by atoms with Gasteiger partial charge in [0.1, 0.15) is 11.5 Å². The molecule has 0 spiro atoms. The van der Waals surface area contributed by atoms with Gasteiger partial charge in [0.2, 0.25) is 0 Å². The Morgan fingerprint density at radius 2 is 1.78 bits per heavy atom. The normalized spacial score (nSPS) is 10.2. The molecule has 2 aromatic carbocycles. The minimum atomic E-state index is -0.00962. The summed E-state index contributed by atoms with van der Waals surface area (Å²) in [5.74, 6) is 1.28. The molecule has 0 amide bonds. The number of benzene rings is 2. The van der Waals surface area contributed by atoms with E-state index in [1.165, 1.54) is 12.5 Å². The summed E-state index contributed by atoms with van der Waals surface area (Å²) in [5, 5.41) is 0. The predicted octanol–water partition coefficient (Wildman–Crippen LogP) is 4.75. The molecule has 0 aliphatic heterocycles. The minimum absolute atomic E-state index is 0.00962. The lowest BCUT2D eigenvalue weighted by Gasteiger charge is -2.10. The summed E-state index contributed by atoms with van der Waals surface area (Å²) in [6.45, 7) is 3.55. The van der Waals surface area contributed by atoms with Gasteiger partial charge in [-0.1, -0.05) is 33.6 Å². The van der Waals surface area contributed by atoms with Crippen molar-refractivity contribution in [2.75, 3.05) is 0 Å². The first-order chi connectivity index (χ1) is 8.56. The van der Waals surface area contributed by atoms with E-state index in [1.807, 2.05) is 37.3 Å². The Bertz CT molecular complexity index is 574. The molecule has 0 fully saturated rings. The summed E-state index contributed by atoms with van der Waals surface area (Å²) in [7, 11) is 0. The van der Waals surface area contributed by atoms with Crippen LogP contribution in [0.2, 0.25) is 0 Å². The van der Waals surface area contributed by atoms with E-state index in [2.05, 4.69) is 15.9 Å². The predicted molar refractivity (Wildman–Crippen MR) is 75.4 cm³/mol. The number of carbonyl (C=O) groups excluding carboxylic acids is 1.